The van der Waals surface area contributed by atoms with Crippen molar-refractivity contribution in [1.29, 1.82) is 0 Å². The van der Waals surface area contributed by atoms with Crippen LogP contribution in [0.5, 0.6) is 0 Å². The van der Waals surface area contributed by atoms with Gasteiger partial charge in [0, 0.05) is 11.9 Å². The zero-order valence-electron chi connectivity index (χ0n) is 9.05. The summed E-state index contributed by atoms with van der Waals surface area (Å²) in [6.45, 7) is 11.7. The molecule has 0 unspecified atom stereocenters. The summed E-state index contributed by atoms with van der Waals surface area (Å²) in [5.74, 6) is 0.804. The van der Waals surface area contributed by atoms with Crippen molar-refractivity contribution in [3.63, 3.8) is 0 Å². The number of allylic oxidation sites excluding steroid dienone is 2. The summed E-state index contributed by atoms with van der Waals surface area (Å²) in [6, 6.07) is 0. The molecule has 0 aliphatic carbocycles. The molecule has 0 aliphatic heterocycles. The molecule has 0 aromatic carbocycles. The summed E-state index contributed by atoms with van der Waals surface area (Å²) >= 11 is 0. The van der Waals surface area contributed by atoms with Gasteiger partial charge in [-0.2, -0.15) is 0 Å². The smallest absolute Gasteiger partial charge is 0.125 e. The SMILES string of the molecule is CC.CC=NC(C)=N/C(C)=C\C. The van der Waals surface area contributed by atoms with Gasteiger partial charge in [0.1, 0.15) is 5.84 Å². The quantitative estimate of drug-likeness (QED) is 0.423. The second-order valence-electron chi connectivity index (χ2n) is 1.98. The predicted molar refractivity (Wildman–Crippen MR) is 58.1 cm³/mol. The van der Waals surface area contributed by atoms with Gasteiger partial charge in [-0.25, -0.2) is 9.98 Å². The van der Waals surface area contributed by atoms with Gasteiger partial charge >= 0.3 is 0 Å². The Labute approximate surface area is 76.1 Å². The normalized spacial score (nSPS) is 12.8. The van der Waals surface area contributed by atoms with Crippen molar-refractivity contribution in [3.05, 3.63) is 11.8 Å². The van der Waals surface area contributed by atoms with Crippen LogP contribution in [0.15, 0.2) is 21.8 Å². The topological polar surface area (TPSA) is 24.7 Å². The zero-order chi connectivity index (χ0) is 9.98. The average Bonchev–Trinajstić information content (AvgIpc) is 2.08. The maximum absolute atomic E-state index is 4.16. The van der Waals surface area contributed by atoms with Gasteiger partial charge in [0.2, 0.25) is 0 Å². The molecule has 0 N–H and O–H groups in total. The highest BCUT2D eigenvalue weighted by Crippen LogP contribution is 1.94. The van der Waals surface area contributed by atoms with E-state index in [1.165, 1.54) is 0 Å². The zero-order valence-corrected chi connectivity index (χ0v) is 9.05. The Bertz CT molecular complexity index is 176. The first kappa shape index (κ1) is 13.7. The Morgan fingerprint density at radius 1 is 1.08 bits per heavy atom. The van der Waals surface area contributed by atoms with Crippen molar-refractivity contribution in [2.24, 2.45) is 9.98 Å². The lowest BCUT2D eigenvalue weighted by Gasteiger charge is -1.90. The van der Waals surface area contributed by atoms with Crippen molar-refractivity contribution in [1.82, 2.24) is 0 Å². The molecule has 0 atom stereocenters. The lowest BCUT2D eigenvalue weighted by molar-refractivity contribution is 1.26. The van der Waals surface area contributed by atoms with E-state index in [1.54, 1.807) is 6.21 Å². The van der Waals surface area contributed by atoms with Gasteiger partial charge in [0.05, 0.1) is 0 Å². The Kier molecular flexibility index (Phi) is 11.5. The molecular weight excluding hydrogens is 148 g/mol. The van der Waals surface area contributed by atoms with Gasteiger partial charge in [-0.05, 0) is 27.7 Å². The average molecular weight is 168 g/mol. The molecule has 0 radical (unpaired) electrons. The minimum absolute atomic E-state index is 0.804. The number of aliphatic imine (C=N–C) groups is 2. The molecule has 70 valence electrons. The molecule has 0 aromatic heterocycles. The van der Waals surface area contributed by atoms with Crippen LogP contribution in [0.4, 0.5) is 0 Å². The predicted octanol–water partition coefficient (Wildman–Crippen LogP) is 3.45. The van der Waals surface area contributed by atoms with E-state index in [0.717, 1.165) is 11.5 Å². The van der Waals surface area contributed by atoms with E-state index in [1.807, 2.05) is 47.6 Å². The lowest BCUT2D eigenvalue weighted by Crippen LogP contribution is -1.85. The van der Waals surface area contributed by atoms with E-state index in [2.05, 4.69) is 9.98 Å². The minimum Gasteiger partial charge on any atom is -0.246 e. The van der Waals surface area contributed by atoms with Crippen LogP contribution in [0.3, 0.4) is 0 Å². The van der Waals surface area contributed by atoms with Crippen LogP contribution in [0.1, 0.15) is 41.5 Å². The number of nitrogens with zero attached hydrogens (tertiary/aromatic N) is 2. The maximum atomic E-state index is 4.16. The van der Waals surface area contributed by atoms with Crippen molar-refractivity contribution < 1.29 is 0 Å². The second-order valence-corrected chi connectivity index (χ2v) is 1.98. The van der Waals surface area contributed by atoms with E-state index in [-0.39, 0.29) is 0 Å². The molecule has 0 spiro atoms. The molecule has 0 saturated heterocycles. The van der Waals surface area contributed by atoms with Crippen molar-refractivity contribution >= 4 is 12.1 Å². The molecule has 0 bridgehead atoms. The molecule has 0 aromatic rings. The molecular formula is C10H20N2. The van der Waals surface area contributed by atoms with E-state index in [9.17, 15) is 0 Å². The highest BCUT2D eigenvalue weighted by molar-refractivity contribution is 5.87. The van der Waals surface area contributed by atoms with Gasteiger partial charge in [-0.15, -0.1) is 0 Å². The highest BCUT2D eigenvalue weighted by atomic mass is 14.9. The molecule has 0 heterocycles. The lowest BCUT2D eigenvalue weighted by atomic mass is 10.5. The molecule has 0 fully saturated rings. The molecule has 2 heteroatoms. The fourth-order valence-corrected chi connectivity index (χ4v) is 0.535. The molecule has 0 aliphatic rings. The van der Waals surface area contributed by atoms with Crippen LogP contribution in [0.2, 0.25) is 0 Å². The molecule has 0 rings (SSSR count). The monoisotopic (exact) mass is 168 g/mol. The van der Waals surface area contributed by atoms with E-state index >= 15 is 0 Å². The van der Waals surface area contributed by atoms with E-state index in [4.69, 9.17) is 0 Å². The second kappa shape index (κ2) is 10.1. The molecule has 0 saturated carbocycles. The van der Waals surface area contributed by atoms with Crippen molar-refractivity contribution in [2.45, 2.75) is 41.5 Å². The van der Waals surface area contributed by atoms with E-state index < -0.39 is 0 Å². The first-order valence-electron chi connectivity index (χ1n) is 4.37. The van der Waals surface area contributed by atoms with Crippen molar-refractivity contribution in [2.75, 3.05) is 0 Å². The van der Waals surface area contributed by atoms with Crippen molar-refractivity contribution in [3.8, 4) is 0 Å². The number of hydrogen-bond acceptors (Lipinski definition) is 1. The first-order chi connectivity index (χ1) is 5.70. The summed E-state index contributed by atoms with van der Waals surface area (Å²) in [5.41, 5.74) is 1.00. The number of rotatable bonds is 1. The molecule has 12 heavy (non-hydrogen) atoms. The summed E-state index contributed by atoms with van der Waals surface area (Å²) in [7, 11) is 0. The Hall–Kier alpha value is -0.920. The third kappa shape index (κ3) is 9.08. The third-order valence-corrected chi connectivity index (χ3v) is 1.07. The standard InChI is InChI=1S/C8H14N2.C2H6/c1-5-7(3)10-8(4)9-6-2;1-2/h5-6H,1-4H3;1-2H3/b7-5-,9-6?,10-8?;. The fraction of sp³-hybridized carbons (Fsp3) is 0.600. The van der Waals surface area contributed by atoms with Crippen LogP contribution in [0.25, 0.3) is 0 Å². The minimum atomic E-state index is 0.804. The van der Waals surface area contributed by atoms with Gasteiger partial charge in [0.15, 0.2) is 0 Å². The van der Waals surface area contributed by atoms with Crippen LogP contribution in [0, 0.1) is 0 Å². The number of amidine groups is 1. The van der Waals surface area contributed by atoms with Gasteiger partial charge in [0.25, 0.3) is 0 Å². The Morgan fingerprint density at radius 3 is 1.92 bits per heavy atom. The summed E-state index contributed by atoms with van der Waals surface area (Å²) in [5, 5.41) is 0. The summed E-state index contributed by atoms with van der Waals surface area (Å²) < 4.78 is 0. The first-order valence-corrected chi connectivity index (χ1v) is 4.37. The van der Waals surface area contributed by atoms with E-state index in [0.29, 0.717) is 0 Å². The highest BCUT2D eigenvalue weighted by Gasteiger charge is 1.82. The fourth-order valence-electron chi connectivity index (χ4n) is 0.535. The number of hydrogen-bond donors (Lipinski definition) is 0. The van der Waals surface area contributed by atoms with Gasteiger partial charge < -0.3 is 0 Å². The van der Waals surface area contributed by atoms with Gasteiger partial charge in [-0.1, -0.05) is 19.9 Å². The van der Waals surface area contributed by atoms with Crippen LogP contribution in [-0.2, 0) is 0 Å². The summed E-state index contributed by atoms with van der Waals surface area (Å²) in [4.78, 5) is 8.16. The van der Waals surface area contributed by atoms with Crippen LogP contribution < -0.4 is 0 Å². The van der Waals surface area contributed by atoms with Crippen LogP contribution >= 0.6 is 0 Å². The Balaban J connectivity index is 0. The summed E-state index contributed by atoms with van der Waals surface area (Å²) in [6.07, 6.45) is 3.69. The van der Waals surface area contributed by atoms with Gasteiger partial charge in [-0.3, -0.25) is 0 Å². The molecule has 0 amide bonds. The van der Waals surface area contributed by atoms with Crippen LogP contribution in [-0.4, -0.2) is 12.1 Å². The largest absolute Gasteiger partial charge is 0.246 e. The maximum Gasteiger partial charge on any atom is 0.125 e. The Morgan fingerprint density at radius 2 is 1.58 bits per heavy atom. The third-order valence-electron chi connectivity index (χ3n) is 1.07. The molecule has 2 nitrogen and oxygen atoms in total.